The van der Waals surface area contributed by atoms with Crippen LogP contribution in [-0.4, -0.2) is 71.2 Å². The first-order valence-electron chi connectivity index (χ1n) is 10.2. The van der Waals surface area contributed by atoms with E-state index in [4.69, 9.17) is 9.97 Å². The van der Waals surface area contributed by atoms with E-state index in [-0.39, 0.29) is 0 Å². The summed E-state index contributed by atoms with van der Waals surface area (Å²) in [7, 11) is 4.24. The highest BCUT2D eigenvalue weighted by molar-refractivity contribution is 5.63. The fraction of sp³-hybridized carbons (Fsp3) is 0.650. The lowest BCUT2D eigenvalue weighted by molar-refractivity contribution is 0.373. The summed E-state index contributed by atoms with van der Waals surface area (Å²) in [6.45, 7) is 6.23. The third-order valence-electron chi connectivity index (χ3n) is 5.69. The number of nitrogens with zero attached hydrogens (tertiary/aromatic N) is 7. The fourth-order valence-corrected chi connectivity index (χ4v) is 4.26. The Morgan fingerprint density at radius 2 is 1.63 bits per heavy atom. The van der Waals surface area contributed by atoms with E-state index in [1.54, 1.807) is 0 Å². The average molecular weight is 370 g/mol. The second-order valence-corrected chi connectivity index (χ2v) is 7.96. The van der Waals surface area contributed by atoms with Crippen molar-refractivity contribution in [1.29, 1.82) is 0 Å². The van der Waals surface area contributed by atoms with Crippen LogP contribution in [-0.2, 0) is 6.54 Å². The van der Waals surface area contributed by atoms with Crippen molar-refractivity contribution < 1.29 is 0 Å². The van der Waals surface area contributed by atoms with Gasteiger partial charge < -0.3 is 19.3 Å². The molecule has 2 aliphatic rings. The minimum Gasteiger partial charge on any atom is -0.354 e. The van der Waals surface area contributed by atoms with Gasteiger partial charge in [-0.05, 0) is 39.8 Å². The summed E-state index contributed by atoms with van der Waals surface area (Å²) in [5.41, 5.74) is 0. The van der Waals surface area contributed by atoms with Gasteiger partial charge in [-0.25, -0.2) is 15.0 Å². The lowest BCUT2D eigenvalue weighted by Crippen LogP contribution is -2.37. The van der Waals surface area contributed by atoms with Gasteiger partial charge in [0.25, 0.3) is 0 Å². The molecule has 0 aromatic carbocycles. The lowest BCUT2D eigenvalue weighted by atomic mass is 9.97. The Morgan fingerprint density at radius 1 is 0.926 bits per heavy atom. The second kappa shape index (κ2) is 8.25. The number of piperidine rings is 1. The maximum atomic E-state index is 4.73. The molecule has 0 saturated carbocycles. The molecule has 2 aliphatic heterocycles. The molecule has 7 heteroatoms. The Hall–Kier alpha value is -2.15. The molecule has 0 N–H and O–H groups in total. The molecule has 27 heavy (non-hydrogen) atoms. The average Bonchev–Trinajstić information content (AvgIpc) is 3.38. The molecule has 4 rings (SSSR count). The highest BCUT2D eigenvalue weighted by Gasteiger charge is 2.28. The van der Waals surface area contributed by atoms with Gasteiger partial charge in [-0.3, -0.25) is 0 Å². The number of imidazole rings is 1. The largest absolute Gasteiger partial charge is 0.354 e. The molecule has 7 nitrogen and oxygen atoms in total. The Labute approximate surface area is 162 Å². The number of hydrogen-bond donors (Lipinski definition) is 0. The monoisotopic (exact) mass is 369 g/mol. The number of rotatable bonds is 6. The molecule has 0 spiro atoms. The third kappa shape index (κ3) is 4.08. The van der Waals surface area contributed by atoms with Crippen LogP contribution >= 0.6 is 0 Å². The molecule has 0 radical (unpaired) electrons. The number of anilines is 2. The fourth-order valence-electron chi connectivity index (χ4n) is 4.26. The van der Waals surface area contributed by atoms with Crippen molar-refractivity contribution in [2.45, 2.75) is 38.1 Å². The third-order valence-corrected chi connectivity index (χ3v) is 5.69. The number of aromatic nitrogens is 4. The van der Waals surface area contributed by atoms with Crippen LogP contribution in [0.25, 0.3) is 0 Å². The molecule has 0 amide bonds. The van der Waals surface area contributed by atoms with Gasteiger partial charge >= 0.3 is 0 Å². The van der Waals surface area contributed by atoms with Crippen molar-refractivity contribution in [2.75, 3.05) is 56.6 Å². The van der Waals surface area contributed by atoms with Crippen molar-refractivity contribution in [3.05, 3.63) is 30.6 Å². The topological polar surface area (TPSA) is 53.3 Å². The minimum absolute atomic E-state index is 0.448. The van der Waals surface area contributed by atoms with E-state index in [1.165, 1.54) is 31.5 Å². The van der Waals surface area contributed by atoms with Crippen LogP contribution in [0.2, 0.25) is 0 Å². The van der Waals surface area contributed by atoms with Crippen LogP contribution in [0.5, 0.6) is 0 Å². The summed E-state index contributed by atoms with van der Waals surface area (Å²) in [6, 6.07) is 0. The van der Waals surface area contributed by atoms with Gasteiger partial charge in [0.1, 0.15) is 5.82 Å². The van der Waals surface area contributed by atoms with Crippen molar-refractivity contribution in [3.8, 4) is 0 Å². The van der Waals surface area contributed by atoms with E-state index in [0.29, 0.717) is 5.92 Å². The molecular formula is C20H31N7. The first-order chi connectivity index (χ1) is 13.2. The van der Waals surface area contributed by atoms with Crippen LogP contribution in [0.15, 0.2) is 24.8 Å². The van der Waals surface area contributed by atoms with Crippen LogP contribution in [0.4, 0.5) is 11.6 Å². The zero-order valence-corrected chi connectivity index (χ0v) is 16.6. The van der Waals surface area contributed by atoms with Gasteiger partial charge in [-0.2, -0.15) is 0 Å². The van der Waals surface area contributed by atoms with Gasteiger partial charge in [0.05, 0.1) is 0 Å². The predicted molar refractivity (Wildman–Crippen MR) is 108 cm³/mol. The van der Waals surface area contributed by atoms with E-state index in [9.17, 15) is 0 Å². The van der Waals surface area contributed by atoms with Crippen LogP contribution in [0, 0.1) is 0 Å². The summed E-state index contributed by atoms with van der Waals surface area (Å²) < 4.78 is 2.33. The van der Waals surface area contributed by atoms with Crippen molar-refractivity contribution in [1.82, 2.24) is 24.4 Å². The minimum atomic E-state index is 0.448. The van der Waals surface area contributed by atoms with E-state index in [1.807, 2.05) is 18.6 Å². The van der Waals surface area contributed by atoms with E-state index < -0.39 is 0 Å². The Kier molecular flexibility index (Phi) is 5.57. The summed E-state index contributed by atoms with van der Waals surface area (Å²) in [5, 5.41) is 0. The first-order valence-corrected chi connectivity index (χ1v) is 10.2. The predicted octanol–water partition coefficient (Wildman–Crippen LogP) is 2.22. The van der Waals surface area contributed by atoms with E-state index in [2.05, 4.69) is 44.5 Å². The molecule has 4 heterocycles. The van der Waals surface area contributed by atoms with E-state index in [0.717, 1.165) is 50.9 Å². The van der Waals surface area contributed by atoms with Crippen LogP contribution in [0.3, 0.4) is 0 Å². The second-order valence-electron chi connectivity index (χ2n) is 7.96. The van der Waals surface area contributed by atoms with Gasteiger partial charge in [-0.15, -0.1) is 0 Å². The molecule has 2 fully saturated rings. The molecular weight excluding hydrogens is 338 g/mol. The van der Waals surface area contributed by atoms with Crippen LogP contribution in [0.1, 0.15) is 37.4 Å². The van der Waals surface area contributed by atoms with Gasteiger partial charge in [-0.1, -0.05) is 0 Å². The van der Waals surface area contributed by atoms with Gasteiger partial charge in [0, 0.05) is 70.0 Å². The summed E-state index contributed by atoms with van der Waals surface area (Å²) >= 11 is 0. The number of hydrogen-bond acceptors (Lipinski definition) is 6. The summed E-state index contributed by atoms with van der Waals surface area (Å²) in [5.74, 6) is 3.78. The maximum absolute atomic E-state index is 4.73. The standard InChI is InChI=1S/C20H31N7/c1-24(2)14-15-26-13-9-23-18(26)17-6-5-12-27(16-17)20-19(21-7-8-22-20)25-10-3-4-11-25/h7-9,13,17H,3-6,10-12,14-16H2,1-2H3/t17-/m0/s1. The Balaban J connectivity index is 1.52. The highest BCUT2D eigenvalue weighted by Crippen LogP contribution is 2.33. The zero-order chi connectivity index (χ0) is 18.6. The maximum Gasteiger partial charge on any atom is 0.172 e. The molecule has 0 bridgehead atoms. The first kappa shape index (κ1) is 18.2. The highest BCUT2D eigenvalue weighted by atomic mass is 15.3. The lowest BCUT2D eigenvalue weighted by Gasteiger charge is -2.35. The van der Waals surface area contributed by atoms with Crippen molar-refractivity contribution >= 4 is 11.6 Å². The number of likely N-dealkylation sites (N-methyl/N-ethyl adjacent to an activating group) is 1. The molecule has 146 valence electrons. The molecule has 0 unspecified atom stereocenters. The molecule has 1 atom stereocenters. The summed E-state index contributed by atoms with van der Waals surface area (Å²) in [4.78, 5) is 21.2. The summed E-state index contributed by atoms with van der Waals surface area (Å²) in [6.07, 6.45) is 12.6. The van der Waals surface area contributed by atoms with Crippen LogP contribution < -0.4 is 9.80 Å². The molecule has 2 aromatic heterocycles. The van der Waals surface area contributed by atoms with Crippen molar-refractivity contribution in [3.63, 3.8) is 0 Å². The molecule has 2 aromatic rings. The molecule has 0 aliphatic carbocycles. The van der Waals surface area contributed by atoms with Crippen molar-refractivity contribution in [2.24, 2.45) is 0 Å². The normalized spacial score (nSPS) is 20.6. The SMILES string of the molecule is CN(C)CCn1ccnc1[C@H]1CCCN(c2nccnc2N2CCCC2)C1. The van der Waals surface area contributed by atoms with E-state index >= 15 is 0 Å². The zero-order valence-electron chi connectivity index (χ0n) is 16.6. The quantitative estimate of drug-likeness (QED) is 0.778. The van der Waals surface area contributed by atoms with Gasteiger partial charge in [0.2, 0.25) is 0 Å². The Morgan fingerprint density at radius 3 is 2.37 bits per heavy atom. The Bertz CT molecular complexity index is 735. The smallest absolute Gasteiger partial charge is 0.172 e. The molecule has 2 saturated heterocycles. The van der Waals surface area contributed by atoms with Gasteiger partial charge in [0.15, 0.2) is 11.6 Å².